The van der Waals surface area contributed by atoms with Crippen LogP contribution in [0.4, 0.5) is 0 Å². The first-order valence-electron chi connectivity index (χ1n) is 6.65. The van der Waals surface area contributed by atoms with Gasteiger partial charge < -0.3 is 10.6 Å². The number of amides is 1. The molecule has 0 aromatic heterocycles. The molecule has 1 aliphatic heterocycles. The fourth-order valence-corrected chi connectivity index (χ4v) is 3.12. The van der Waals surface area contributed by atoms with Gasteiger partial charge in [-0.05, 0) is 38.1 Å². The standard InChI is InChI=1S/C13H24N2O.ClH/c1-13(6-2-3-7-13)12(16)15-8-4-11(10-14)5-9-15;/h11H,2-10,14H2,1H3;1H. The summed E-state index contributed by atoms with van der Waals surface area (Å²) in [5.41, 5.74) is 5.62. The summed E-state index contributed by atoms with van der Waals surface area (Å²) in [6, 6.07) is 0. The first-order valence-corrected chi connectivity index (χ1v) is 6.65. The van der Waals surface area contributed by atoms with Crippen molar-refractivity contribution in [3.8, 4) is 0 Å². The first kappa shape index (κ1) is 14.8. The van der Waals surface area contributed by atoms with E-state index in [-0.39, 0.29) is 17.8 Å². The van der Waals surface area contributed by atoms with Crippen LogP contribution in [0.2, 0.25) is 0 Å². The molecule has 2 N–H and O–H groups in total. The van der Waals surface area contributed by atoms with Gasteiger partial charge in [0.1, 0.15) is 0 Å². The van der Waals surface area contributed by atoms with Gasteiger partial charge in [-0.15, -0.1) is 12.4 Å². The predicted molar refractivity (Wildman–Crippen MR) is 72.2 cm³/mol. The molecule has 1 saturated heterocycles. The van der Waals surface area contributed by atoms with Crippen molar-refractivity contribution in [3.63, 3.8) is 0 Å². The van der Waals surface area contributed by atoms with E-state index in [1.807, 2.05) is 0 Å². The van der Waals surface area contributed by atoms with Crippen LogP contribution in [-0.2, 0) is 4.79 Å². The van der Waals surface area contributed by atoms with Crippen LogP contribution >= 0.6 is 12.4 Å². The van der Waals surface area contributed by atoms with Gasteiger partial charge in [0, 0.05) is 18.5 Å². The van der Waals surface area contributed by atoms with Gasteiger partial charge in [0.05, 0.1) is 0 Å². The number of rotatable bonds is 2. The van der Waals surface area contributed by atoms with Crippen molar-refractivity contribution >= 4 is 18.3 Å². The van der Waals surface area contributed by atoms with E-state index in [1.165, 1.54) is 12.8 Å². The third-order valence-electron chi connectivity index (χ3n) is 4.46. The highest BCUT2D eigenvalue weighted by atomic mass is 35.5. The molecular formula is C13H25ClN2O. The van der Waals surface area contributed by atoms with Crippen molar-refractivity contribution in [2.75, 3.05) is 19.6 Å². The van der Waals surface area contributed by atoms with Crippen molar-refractivity contribution in [1.82, 2.24) is 4.90 Å². The van der Waals surface area contributed by atoms with Crippen LogP contribution in [0.25, 0.3) is 0 Å². The van der Waals surface area contributed by atoms with E-state index in [1.54, 1.807) is 0 Å². The smallest absolute Gasteiger partial charge is 0.228 e. The molecule has 4 heteroatoms. The maximum Gasteiger partial charge on any atom is 0.228 e. The van der Waals surface area contributed by atoms with Crippen molar-refractivity contribution < 1.29 is 4.79 Å². The second-order valence-corrected chi connectivity index (χ2v) is 5.74. The third kappa shape index (κ3) is 3.14. The van der Waals surface area contributed by atoms with E-state index >= 15 is 0 Å². The SMILES string of the molecule is CC1(C(=O)N2CCC(CN)CC2)CCCC1.Cl. The Morgan fingerprint density at radius 2 is 1.82 bits per heavy atom. The molecule has 100 valence electrons. The second-order valence-electron chi connectivity index (χ2n) is 5.74. The number of likely N-dealkylation sites (tertiary alicyclic amines) is 1. The number of hydrogen-bond acceptors (Lipinski definition) is 2. The van der Waals surface area contributed by atoms with E-state index < -0.39 is 0 Å². The molecule has 0 aromatic carbocycles. The average Bonchev–Trinajstić information content (AvgIpc) is 2.77. The summed E-state index contributed by atoms with van der Waals surface area (Å²) >= 11 is 0. The number of piperidine rings is 1. The highest BCUT2D eigenvalue weighted by Crippen LogP contribution is 2.39. The Morgan fingerprint density at radius 1 is 1.29 bits per heavy atom. The minimum absolute atomic E-state index is 0. The normalized spacial score (nSPS) is 24.5. The quantitative estimate of drug-likeness (QED) is 0.827. The summed E-state index contributed by atoms with van der Waals surface area (Å²) in [7, 11) is 0. The Balaban J connectivity index is 0.00000144. The molecule has 0 bridgehead atoms. The first-order chi connectivity index (χ1) is 7.65. The minimum atomic E-state index is -0.0461. The molecule has 1 amide bonds. The lowest BCUT2D eigenvalue weighted by Crippen LogP contribution is -2.46. The van der Waals surface area contributed by atoms with E-state index in [0.29, 0.717) is 11.8 Å². The van der Waals surface area contributed by atoms with Gasteiger partial charge in [0.2, 0.25) is 5.91 Å². The molecule has 1 saturated carbocycles. The van der Waals surface area contributed by atoms with E-state index in [9.17, 15) is 4.79 Å². The molecule has 1 aliphatic carbocycles. The van der Waals surface area contributed by atoms with E-state index in [4.69, 9.17) is 5.73 Å². The number of carbonyl (C=O) groups excluding carboxylic acids is 1. The van der Waals surface area contributed by atoms with Gasteiger partial charge in [-0.25, -0.2) is 0 Å². The zero-order chi connectivity index (χ0) is 11.6. The predicted octanol–water partition coefficient (Wildman–Crippen LogP) is 2.19. The number of hydrogen-bond donors (Lipinski definition) is 1. The van der Waals surface area contributed by atoms with E-state index in [2.05, 4.69) is 11.8 Å². The second kappa shape index (κ2) is 6.05. The van der Waals surface area contributed by atoms with Crippen molar-refractivity contribution in [2.24, 2.45) is 17.1 Å². The molecule has 0 unspecified atom stereocenters. The maximum atomic E-state index is 12.4. The molecule has 0 radical (unpaired) electrons. The van der Waals surface area contributed by atoms with Crippen molar-refractivity contribution in [3.05, 3.63) is 0 Å². The summed E-state index contributed by atoms with van der Waals surface area (Å²) < 4.78 is 0. The van der Waals surface area contributed by atoms with Crippen LogP contribution in [0.15, 0.2) is 0 Å². The maximum absolute atomic E-state index is 12.4. The molecule has 1 heterocycles. The Morgan fingerprint density at radius 3 is 2.29 bits per heavy atom. The lowest BCUT2D eigenvalue weighted by Gasteiger charge is -2.36. The summed E-state index contributed by atoms with van der Waals surface area (Å²) in [5.74, 6) is 1.04. The molecule has 2 aliphatic rings. The van der Waals surface area contributed by atoms with Crippen LogP contribution in [0.3, 0.4) is 0 Å². The summed E-state index contributed by atoms with van der Waals surface area (Å²) in [6.07, 6.45) is 6.81. The van der Waals surface area contributed by atoms with Crippen LogP contribution < -0.4 is 5.73 Å². The molecule has 3 nitrogen and oxygen atoms in total. The number of nitrogens with two attached hydrogens (primary N) is 1. The van der Waals surface area contributed by atoms with Crippen LogP contribution in [0.5, 0.6) is 0 Å². The third-order valence-corrected chi connectivity index (χ3v) is 4.46. The largest absolute Gasteiger partial charge is 0.342 e. The van der Waals surface area contributed by atoms with Crippen molar-refractivity contribution in [1.29, 1.82) is 0 Å². The van der Waals surface area contributed by atoms with Crippen LogP contribution in [-0.4, -0.2) is 30.4 Å². The van der Waals surface area contributed by atoms with Crippen LogP contribution in [0.1, 0.15) is 45.4 Å². The molecule has 0 atom stereocenters. The topological polar surface area (TPSA) is 46.3 Å². The highest BCUT2D eigenvalue weighted by Gasteiger charge is 2.39. The zero-order valence-corrected chi connectivity index (χ0v) is 11.6. The molecule has 17 heavy (non-hydrogen) atoms. The van der Waals surface area contributed by atoms with Crippen LogP contribution in [0, 0.1) is 11.3 Å². The van der Waals surface area contributed by atoms with Gasteiger partial charge in [0.15, 0.2) is 0 Å². The molecule has 2 fully saturated rings. The van der Waals surface area contributed by atoms with Gasteiger partial charge in [0.25, 0.3) is 0 Å². The summed E-state index contributed by atoms with van der Waals surface area (Å²) in [6.45, 7) is 4.78. The van der Waals surface area contributed by atoms with Gasteiger partial charge in [-0.3, -0.25) is 4.79 Å². The van der Waals surface area contributed by atoms with Crippen molar-refractivity contribution in [2.45, 2.75) is 45.4 Å². The Bertz CT molecular complexity index is 256. The zero-order valence-electron chi connectivity index (χ0n) is 10.8. The molecule has 2 rings (SSSR count). The van der Waals surface area contributed by atoms with Gasteiger partial charge in [-0.1, -0.05) is 19.8 Å². The fourth-order valence-electron chi connectivity index (χ4n) is 3.12. The Kier molecular flexibility index (Phi) is 5.26. The highest BCUT2D eigenvalue weighted by molar-refractivity contribution is 5.85. The molecule has 0 spiro atoms. The minimum Gasteiger partial charge on any atom is -0.342 e. The van der Waals surface area contributed by atoms with E-state index in [0.717, 1.165) is 45.3 Å². The number of carbonyl (C=O) groups is 1. The lowest BCUT2D eigenvalue weighted by atomic mass is 9.85. The monoisotopic (exact) mass is 260 g/mol. The van der Waals surface area contributed by atoms with Gasteiger partial charge in [-0.2, -0.15) is 0 Å². The molecule has 0 aromatic rings. The molecular weight excluding hydrogens is 236 g/mol. The van der Waals surface area contributed by atoms with Gasteiger partial charge >= 0.3 is 0 Å². The Labute approximate surface area is 111 Å². The fraction of sp³-hybridized carbons (Fsp3) is 0.923. The summed E-state index contributed by atoms with van der Waals surface area (Å²) in [4.78, 5) is 14.5. The summed E-state index contributed by atoms with van der Waals surface area (Å²) in [5, 5.41) is 0. The lowest BCUT2D eigenvalue weighted by molar-refractivity contribution is -0.142. The Hall–Kier alpha value is -0.280. The average molecular weight is 261 g/mol. The number of halogens is 1. The number of nitrogens with zero attached hydrogens (tertiary/aromatic N) is 1.